The highest BCUT2D eigenvalue weighted by molar-refractivity contribution is 7.56. The van der Waals surface area contributed by atoms with Crippen molar-refractivity contribution in [1.29, 1.82) is 0 Å². The Morgan fingerprint density at radius 2 is 1.82 bits per heavy atom. The van der Waals surface area contributed by atoms with Crippen molar-refractivity contribution in [3.63, 3.8) is 0 Å². The fourth-order valence-corrected chi connectivity index (χ4v) is 10.9. The molecule has 290 valence electrons. The monoisotopic (exact) mass is 785 g/mol. The third-order valence-electron chi connectivity index (χ3n) is 10.7. The number of benzene rings is 2. The van der Waals surface area contributed by atoms with E-state index in [1.807, 2.05) is 61.3 Å². The summed E-state index contributed by atoms with van der Waals surface area (Å²) in [5.74, 6) is -0.378. The third kappa shape index (κ3) is 8.79. The van der Waals surface area contributed by atoms with Gasteiger partial charge in [-0.3, -0.25) is 28.7 Å². The molecule has 0 bridgehead atoms. The van der Waals surface area contributed by atoms with Gasteiger partial charge in [0, 0.05) is 42.1 Å². The molecule has 0 radical (unpaired) electrons. The number of likely N-dealkylation sites (tertiary alicyclic amines) is 1. The Kier molecular flexibility index (Phi) is 12.0. The second kappa shape index (κ2) is 17.1. The largest absolute Gasteiger partial charge is 0.465 e. The Bertz CT molecular complexity index is 2060. The Balaban J connectivity index is 1.03. The molecule has 2 aromatic carbocycles. The lowest BCUT2D eigenvalue weighted by Gasteiger charge is -2.42. The van der Waals surface area contributed by atoms with Crippen molar-refractivity contribution in [2.45, 2.75) is 95.0 Å². The molecule has 12 nitrogen and oxygen atoms in total. The van der Waals surface area contributed by atoms with Gasteiger partial charge in [-0.1, -0.05) is 44.2 Å². The first kappa shape index (κ1) is 38.7. The molecule has 2 N–H and O–H groups in total. The molecule has 0 spiro atoms. The van der Waals surface area contributed by atoms with Crippen molar-refractivity contribution >= 4 is 52.6 Å². The van der Waals surface area contributed by atoms with Gasteiger partial charge < -0.3 is 24.4 Å². The minimum absolute atomic E-state index is 0.00702. The maximum absolute atomic E-state index is 14.4. The van der Waals surface area contributed by atoms with Crippen molar-refractivity contribution in [3.8, 4) is 5.75 Å². The van der Waals surface area contributed by atoms with Crippen LogP contribution in [0, 0.1) is 0 Å². The number of para-hydroxylation sites is 1. The second-order valence-electron chi connectivity index (χ2n) is 14.7. The first-order chi connectivity index (χ1) is 26.6. The molecule has 55 heavy (non-hydrogen) atoms. The zero-order valence-electron chi connectivity index (χ0n) is 31.2. The summed E-state index contributed by atoms with van der Waals surface area (Å²) in [5, 5.41) is 6.78. The van der Waals surface area contributed by atoms with Crippen LogP contribution >= 0.6 is 18.9 Å². The molecule has 0 aliphatic carbocycles. The molecule has 3 amide bonds. The van der Waals surface area contributed by atoms with Gasteiger partial charge in [0.25, 0.3) is 5.91 Å². The smallest absolute Gasteiger partial charge is 0.323 e. The Hall–Kier alpha value is -4.58. The number of amides is 3. The molecule has 5 atom stereocenters. The maximum Gasteiger partial charge on any atom is 0.323 e. The quantitative estimate of drug-likeness (QED) is 0.106. The van der Waals surface area contributed by atoms with E-state index in [4.69, 9.17) is 9.26 Å². The number of carbonyl (C=O) groups is 4. The molecule has 5 heterocycles. The number of nitrogens with one attached hydrogen (secondary N) is 2. The Morgan fingerprint density at radius 1 is 1.00 bits per heavy atom. The summed E-state index contributed by atoms with van der Waals surface area (Å²) < 4.78 is 26.7. The van der Waals surface area contributed by atoms with E-state index in [1.54, 1.807) is 41.4 Å². The number of ether oxygens (including phenoxy) is 1. The SMILES string of the molecule is CCCOC(=O)[C@H](CC)NP(=O)(Cc1ccc2sc(C(=O)N[C@H]3CCC[C@H]4CC[C@@H](C(=O)N5CC(c6cccnc6)C5)N4C3=O)cc2c1)Oc1ccccc1. The van der Waals surface area contributed by atoms with E-state index in [9.17, 15) is 23.7 Å². The van der Waals surface area contributed by atoms with Gasteiger partial charge in [-0.2, -0.15) is 0 Å². The zero-order valence-corrected chi connectivity index (χ0v) is 32.9. The number of esters is 1. The maximum atomic E-state index is 14.4. The minimum Gasteiger partial charge on any atom is -0.465 e. The van der Waals surface area contributed by atoms with Crippen LogP contribution in [0.5, 0.6) is 5.75 Å². The van der Waals surface area contributed by atoms with E-state index < -0.39 is 31.6 Å². The number of aromatic nitrogens is 1. The molecule has 14 heteroatoms. The predicted octanol–water partition coefficient (Wildman–Crippen LogP) is 6.66. The fourth-order valence-electron chi connectivity index (χ4n) is 7.81. The summed E-state index contributed by atoms with van der Waals surface area (Å²) in [6.07, 6.45) is 8.10. The summed E-state index contributed by atoms with van der Waals surface area (Å²) in [5.41, 5.74) is 1.81. The molecular weight excluding hydrogens is 738 g/mol. The normalized spacial score (nSPS) is 21.6. The number of thiophene rings is 1. The van der Waals surface area contributed by atoms with Crippen LogP contribution in [0.1, 0.15) is 85.5 Å². The standard InChI is InChI=1S/C41H48N5O7PS/c1-3-20-52-41(50)33(4-2)44-54(51,53-32-12-6-5-7-13-32)26-27-15-18-36-29(21-27)22-37(55-36)38(47)43-34-14-8-11-31-16-17-35(46(31)39(34)48)40(49)45-24-30(25-45)28-10-9-19-42-23-28/h5-7,9-10,12-13,15,18-19,21-23,30-31,33-35H,3-4,8,11,14,16-17,20,24-26H2,1-2H3,(H,43,47)(H,44,51)/t31-,33-,34-,35-,54?/m0/s1. The van der Waals surface area contributed by atoms with Crippen LogP contribution in [-0.2, 0) is 29.8 Å². The molecule has 3 aliphatic heterocycles. The predicted molar refractivity (Wildman–Crippen MR) is 211 cm³/mol. The fraction of sp³-hybridized carbons (Fsp3) is 0.439. The molecular formula is C41H48N5O7PS. The molecule has 3 fully saturated rings. The lowest BCUT2D eigenvalue weighted by molar-refractivity contribution is -0.148. The van der Waals surface area contributed by atoms with Gasteiger partial charge >= 0.3 is 13.5 Å². The van der Waals surface area contributed by atoms with Crippen LogP contribution in [0.15, 0.2) is 79.1 Å². The highest BCUT2D eigenvalue weighted by Crippen LogP contribution is 2.48. The van der Waals surface area contributed by atoms with Crippen LogP contribution in [0.2, 0.25) is 0 Å². The average molecular weight is 786 g/mol. The third-order valence-corrected chi connectivity index (χ3v) is 13.8. The van der Waals surface area contributed by atoms with Crippen LogP contribution in [0.4, 0.5) is 0 Å². The van der Waals surface area contributed by atoms with Gasteiger partial charge in [-0.15, -0.1) is 11.3 Å². The van der Waals surface area contributed by atoms with Gasteiger partial charge in [0.15, 0.2) is 0 Å². The van der Waals surface area contributed by atoms with Crippen LogP contribution in [-0.4, -0.2) is 82.3 Å². The van der Waals surface area contributed by atoms with E-state index in [0.717, 1.165) is 34.9 Å². The van der Waals surface area contributed by atoms with Crippen molar-refractivity contribution in [3.05, 3.63) is 95.1 Å². The van der Waals surface area contributed by atoms with E-state index >= 15 is 0 Å². The van der Waals surface area contributed by atoms with Gasteiger partial charge in [0.05, 0.1) is 17.6 Å². The molecule has 7 rings (SSSR count). The molecule has 3 aliphatic rings. The number of carbonyl (C=O) groups excluding carboxylic acids is 4. The first-order valence-corrected chi connectivity index (χ1v) is 21.9. The highest BCUT2D eigenvalue weighted by Gasteiger charge is 2.47. The minimum atomic E-state index is -3.69. The van der Waals surface area contributed by atoms with Crippen LogP contribution < -0.4 is 14.9 Å². The van der Waals surface area contributed by atoms with Gasteiger partial charge in [-0.05, 0) is 97.9 Å². The number of pyridine rings is 1. The molecule has 0 saturated carbocycles. The van der Waals surface area contributed by atoms with Crippen molar-refractivity contribution < 1.29 is 33.0 Å². The highest BCUT2D eigenvalue weighted by atomic mass is 32.1. The van der Waals surface area contributed by atoms with Crippen molar-refractivity contribution in [1.82, 2.24) is 25.2 Å². The Labute approximate surface area is 325 Å². The van der Waals surface area contributed by atoms with Crippen LogP contribution in [0.3, 0.4) is 0 Å². The summed E-state index contributed by atoms with van der Waals surface area (Å²) in [6.45, 7) is 5.23. The summed E-state index contributed by atoms with van der Waals surface area (Å²) in [4.78, 5) is 62.5. The molecule has 3 saturated heterocycles. The molecule has 4 aromatic rings. The van der Waals surface area contributed by atoms with Gasteiger partial charge in [-0.25, -0.2) is 5.09 Å². The number of fused-ring (bicyclic) bond motifs is 2. The number of hydrogen-bond donors (Lipinski definition) is 2. The number of hydrogen-bond acceptors (Lipinski definition) is 9. The van der Waals surface area contributed by atoms with Gasteiger partial charge in [0.1, 0.15) is 23.9 Å². The number of nitrogens with zero attached hydrogens (tertiary/aromatic N) is 3. The zero-order chi connectivity index (χ0) is 38.5. The first-order valence-electron chi connectivity index (χ1n) is 19.3. The van der Waals surface area contributed by atoms with E-state index in [2.05, 4.69) is 15.4 Å². The van der Waals surface area contributed by atoms with Gasteiger partial charge in [0.2, 0.25) is 11.8 Å². The van der Waals surface area contributed by atoms with Crippen LogP contribution in [0.25, 0.3) is 10.1 Å². The summed E-state index contributed by atoms with van der Waals surface area (Å²) in [7, 11) is -3.69. The Morgan fingerprint density at radius 3 is 2.56 bits per heavy atom. The van der Waals surface area contributed by atoms with E-state index in [0.29, 0.717) is 55.0 Å². The number of rotatable bonds is 14. The average Bonchev–Trinajstić information content (AvgIpc) is 3.76. The summed E-state index contributed by atoms with van der Waals surface area (Å²) in [6, 6.07) is 18.1. The van der Waals surface area contributed by atoms with E-state index in [1.165, 1.54) is 11.3 Å². The van der Waals surface area contributed by atoms with Crippen molar-refractivity contribution in [2.75, 3.05) is 19.7 Å². The topological polar surface area (TPSA) is 147 Å². The summed E-state index contributed by atoms with van der Waals surface area (Å²) >= 11 is 1.31. The molecule has 1 unspecified atom stereocenters. The lowest BCUT2D eigenvalue weighted by atomic mass is 9.92. The van der Waals surface area contributed by atoms with Crippen molar-refractivity contribution in [2.24, 2.45) is 0 Å². The van der Waals surface area contributed by atoms with E-state index in [-0.39, 0.29) is 42.5 Å². The molecule has 2 aromatic heterocycles. The lowest BCUT2D eigenvalue weighted by Crippen LogP contribution is -2.58. The second-order valence-corrected chi connectivity index (χ2v) is 17.8.